The second-order valence-corrected chi connectivity index (χ2v) is 6.85. The number of para-hydroxylation sites is 1. The van der Waals surface area contributed by atoms with Gasteiger partial charge in [0.05, 0.1) is 35.4 Å². The van der Waals surface area contributed by atoms with Crippen LogP contribution in [0.1, 0.15) is 28.9 Å². The van der Waals surface area contributed by atoms with E-state index in [-0.39, 0.29) is 18.1 Å². The number of carbonyl (C=O) groups excluding carboxylic acids is 1. The Morgan fingerprint density at radius 2 is 1.85 bits per heavy atom. The van der Waals surface area contributed by atoms with Gasteiger partial charge in [0.2, 0.25) is 0 Å². The summed E-state index contributed by atoms with van der Waals surface area (Å²) < 4.78 is 15.7. The smallest absolute Gasteiger partial charge is 0.262 e. The molecule has 1 amide bonds. The molecule has 0 saturated carbocycles. The van der Waals surface area contributed by atoms with Crippen molar-refractivity contribution >= 4 is 17.4 Å². The molecule has 2 aromatic heterocycles. The molecule has 0 bridgehead atoms. The molecule has 0 N–H and O–H groups in total. The zero-order valence-corrected chi connectivity index (χ0v) is 14.7. The number of halogens is 1. The topological polar surface area (TPSA) is 54.3 Å². The number of nitrogens with zero attached hydrogens (tertiary/aromatic N) is 5. The van der Waals surface area contributed by atoms with Crippen molar-refractivity contribution in [1.82, 2.24) is 14.8 Å². The lowest BCUT2D eigenvalue weighted by atomic mass is 10.2. The average molecular weight is 363 g/mol. The van der Waals surface area contributed by atoms with Gasteiger partial charge in [0.15, 0.2) is 0 Å². The van der Waals surface area contributed by atoms with Gasteiger partial charge in [-0.15, -0.1) is 0 Å². The minimum absolute atomic E-state index is 0.233. The zero-order valence-electron chi connectivity index (χ0n) is 14.7. The van der Waals surface area contributed by atoms with Crippen LogP contribution in [0.25, 0.3) is 5.69 Å². The first-order valence-corrected chi connectivity index (χ1v) is 9.07. The maximum atomic E-state index is 14.0. The molecule has 0 aliphatic carbocycles. The summed E-state index contributed by atoms with van der Waals surface area (Å²) >= 11 is 0. The van der Waals surface area contributed by atoms with Crippen molar-refractivity contribution in [3.63, 3.8) is 0 Å². The Labute approximate surface area is 155 Å². The molecular formula is C20H18FN5O. The van der Waals surface area contributed by atoms with E-state index < -0.39 is 5.82 Å². The van der Waals surface area contributed by atoms with E-state index in [1.807, 2.05) is 12.1 Å². The van der Waals surface area contributed by atoms with Gasteiger partial charge in [-0.05, 0) is 37.1 Å². The number of hydrogen-bond donors (Lipinski definition) is 0. The molecule has 1 fully saturated rings. The number of pyridine rings is 1. The Morgan fingerprint density at radius 1 is 1.04 bits per heavy atom. The Bertz CT molecular complexity index is 1010. The first-order chi connectivity index (χ1) is 13.2. The van der Waals surface area contributed by atoms with Crippen molar-refractivity contribution in [2.75, 3.05) is 22.9 Å². The van der Waals surface area contributed by atoms with E-state index in [1.54, 1.807) is 35.3 Å². The lowest BCUT2D eigenvalue weighted by Gasteiger charge is -2.17. The maximum absolute atomic E-state index is 14.0. The van der Waals surface area contributed by atoms with E-state index in [0.717, 1.165) is 24.6 Å². The van der Waals surface area contributed by atoms with Crippen LogP contribution in [0, 0.1) is 5.82 Å². The number of amides is 1. The third kappa shape index (κ3) is 2.66. The predicted octanol–water partition coefficient (Wildman–Crippen LogP) is 3.17. The number of anilines is 2. The van der Waals surface area contributed by atoms with Crippen LogP contribution in [0.2, 0.25) is 0 Å². The Balaban J connectivity index is 1.40. The molecule has 1 aromatic carbocycles. The Kier molecular flexibility index (Phi) is 3.67. The molecule has 4 heterocycles. The number of fused-ring (bicyclic) bond motifs is 1. The lowest BCUT2D eigenvalue weighted by molar-refractivity contribution is 0.0995. The van der Waals surface area contributed by atoms with Crippen molar-refractivity contribution in [3.05, 3.63) is 65.9 Å². The fourth-order valence-electron chi connectivity index (χ4n) is 3.72. The fraction of sp³-hybridized carbons (Fsp3) is 0.250. The third-order valence-electron chi connectivity index (χ3n) is 5.14. The van der Waals surface area contributed by atoms with Gasteiger partial charge in [-0.1, -0.05) is 12.1 Å². The van der Waals surface area contributed by atoms with Gasteiger partial charge in [-0.3, -0.25) is 9.69 Å². The van der Waals surface area contributed by atoms with Crippen LogP contribution in [0.15, 0.2) is 48.8 Å². The number of aromatic nitrogens is 3. The van der Waals surface area contributed by atoms with E-state index in [9.17, 15) is 9.18 Å². The van der Waals surface area contributed by atoms with Gasteiger partial charge in [-0.25, -0.2) is 14.1 Å². The van der Waals surface area contributed by atoms with Crippen LogP contribution < -0.4 is 9.80 Å². The number of carbonyl (C=O) groups is 1. The normalized spacial score (nSPS) is 16.3. The maximum Gasteiger partial charge on any atom is 0.262 e. The van der Waals surface area contributed by atoms with Crippen molar-refractivity contribution in [1.29, 1.82) is 0 Å². The number of hydrogen-bond acceptors (Lipinski definition) is 4. The summed E-state index contributed by atoms with van der Waals surface area (Å²) in [6.07, 6.45) is 5.88. The van der Waals surface area contributed by atoms with E-state index in [4.69, 9.17) is 0 Å². The van der Waals surface area contributed by atoms with Crippen molar-refractivity contribution in [3.8, 4) is 5.69 Å². The first-order valence-electron chi connectivity index (χ1n) is 9.07. The summed E-state index contributed by atoms with van der Waals surface area (Å²) in [6.45, 7) is 2.35. The van der Waals surface area contributed by atoms with Crippen LogP contribution in [-0.2, 0) is 6.54 Å². The monoisotopic (exact) mass is 363 g/mol. The minimum atomic E-state index is -0.411. The zero-order chi connectivity index (χ0) is 18.4. The van der Waals surface area contributed by atoms with E-state index in [2.05, 4.69) is 15.0 Å². The quantitative estimate of drug-likeness (QED) is 0.717. The van der Waals surface area contributed by atoms with Crippen molar-refractivity contribution in [2.45, 2.75) is 19.4 Å². The van der Waals surface area contributed by atoms with Crippen LogP contribution in [0.5, 0.6) is 0 Å². The molecule has 136 valence electrons. The highest BCUT2D eigenvalue weighted by Crippen LogP contribution is 2.30. The summed E-state index contributed by atoms with van der Waals surface area (Å²) in [4.78, 5) is 20.9. The molecule has 3 aromatic rings. The second-order valence-electron chi connectivity index (χ2n) is 6.85. The SMILES string of the molecule is O=C1c2cn(-c3ccc(N4CCCC4)nc3)nc2CN1c1ccccc1F. The molecule has 1 saturated heterocycles. The van der Waals surface area contributed by atoms with E-state index in [1.165, 1.54) is 23.8 Å². The minimum Gasteiger partial charge on any atom is -0.357 e. The first kappa shape index (κ1) is 16.0. The fourth-order valence-corrected chi connectivity index (χ4v) is 3.72. The van der Waals surface area contributed by atoms with Gasteiger partial charge in [0.1, 0.15) is 11.6 Å². The van der Waals surface area contributed by atoms with Gasteiger partial charge < -0.3 is 4.90 Å². The van der Waals surface area contributed by atoms with Gasteiger partial charge >= 0.3 is 0 Å². The van der Waals surface area contributed by atoms with Gasteiger partial charge in [0.25, 0.3) is 5.91 Å². The molecule has 2 aliphatic rings. The highest BCUT2D eigenvalue weighted by atomic mass is 19.1. The average Bonchev–Trinajstić information content (AvgIpc) is 3.41. The lowest BCUT2D eigenvalue weighted by Crippen LogP contribution is -2.24. The van der Waals surface area contributed by atoms with Gasteiger partial charge in [0, 0.05) is 19.3 Å². The predicted molar refractivity (Wildman–Crippen MR) is 99.7 cm³/mol. The Morgan fingerprint density at radius 3 is 2.56 bits per heavy atom. The Hall–Kier alpha value is -3.22. The molecule has 0 radical (unpaired) electrons. The summed E-state index contributed by atoms with van der Waals surface area (Å²) in [5, 5.41) is 4.52. The van der Waals surface area contributed by atoms with Crippen molar-refractivity contribution in [2.24, 2.45) is 0 Å². The van der Waals surface area contributed by atoms with E-state index in [0.29, 0.717) is 11.3 Å². The third-order valence-corrected chi connectivity index (χ3v) is 5.14. The molecule has 0 spiro atoms. The molecule has 0 unspecified atom stereocenters. The van der Waals surface area contributed by atoms with E-state index >= 15 is 0 Å². The molecule has 2 aliphatic heterocycles. The molecule has 0 atom stereocenters. The molecular weight excluding hydrogens is 345 g/mol. The summed E-state index contributed by atoms with van der Waals surface area (Å²) in [6, 6.07) is 10.2. The highest BCUT2D eigenvalue weighted by molar-refractivity contribution is 6.09. The molecule has 7 heteroatoms. The summed E-state index contributed by atoms with van der Waals surface area (Å²) in [5.41, 5.74) is 2.23. The van der Waals surface area contributed by atoms with Crippen LogP contribution in [-0.4, -0.2) is 33.8 Å². The second kappa shape index (κ2) is 6.19. The van der Waals surface area contributed by atoms with Gasteiger partial charge in [-0.2, -0.15) is 5.10 Å². The largest absolute Gasteiger partial charge is 0.357 e. The summed E-state index contributed by atoms with van der Waals surface area (Å²) in [5.74, 6) is 0.325. The number of benzene rings is 1. The number of rotatable bonds is 3. The molecule has 6 nitrogen and oxygen atoms in total. The molecule has 27 heavy (non-hydrogen) atoms. The van der Waals surface area contributed by atoms with Crippen molar-refractivity contribution < 1.29 is 9.18 Å². The molecule has 5 rings (SSSR count). The van der Waals surface area contributed by atoms with Crippen LogP contribution in [0.3, 0.4) is 0 Å². The summed E-state index contributed by atoms with van der Waals surface area (Å²) in [7, 11) is 0. The highest BCUT2D eigenvalue weighted by Gasteiger charge is 2.33. The standard InChI is InChI=1S/C20H18FN5O/c21-16-5-1-2-6-18(16)25-13-17-15(20(25)27)12-26(23-17)14-7-8-19(22-11-14)24-9-3-4-10-24/h1-2,5-8,11-12H,3-4,9-10,13H2. The van der Waals surface area contributed by atoms with Crippen LogP contribution in [0.4, 0.5) is 15.9 Å². The van der Waals surface area contributed by atoms with Crippen LogP contribution >= 0.6 is 0 Å².